The van der Waals surface area contributed by atoms with E-state index in [9.17, 15) is 0 Å². The predicted octanol–water partition coefficient (Wildman–Crippen LogP) is 1.01. The van der Waals surface area contributed by atoms with Crippen molar-refractivity contribution in [2.45, 2.75) is 20.0 Å². The third kappa shape index (κ3) is 13.8. The van der Waals surface area contributed by atoms with Gasteiger partial charge in [-0.15, -0.1) is 0 Å². The fourth-order valence-corrected chi connectivity index (χ4v) is 0.912. The van der Waals surface area contributed by atoms with Crippen LogP contribution in [0.5, 0.6) is 0 Å². The molecule has 0 fully saturated rings. The van der Waals surface area contributed by atoms with Crippen LogP contribution in [0.1, 0.15) is 13.8 Å². The topological polar surface area (TPSA) is 30.9 Å². The predicted molar refractivity (Wildman–Crippen MR) is 61.3 cm³/mol. The highest BCUT2D eigenvalue weighted by atomic mass is 16.5. The molecule has 0 rings (SSSR count). The lowest BCUT2D eigenvalue weighted by molar-refractivity contribution is -0.00275. The van der Waals surface area contributed by atoms with Crippen molar-refractivity contribution in [1.82, 2.24) is 4.90 Å². The molecule has 0 radical (unpaired) electrons. The maximum absolute atomic E-state index is 5.36. The molecule has 0 aromatic heterocycles. The molecular formula is C11H25NO3. The first kappa shape index (κ1) is 14.8. The van der Waals surface area contributed by atoms with Crippen LogP contribution in [0.25, 0.3) is 0 Å². The first-order valence-electron chi connectivity index (χ1n) is 5.54. The molecular weight excluding hydrogens is 194 g/mol. The minimum Gasteiger partial charge on any atom is -0.378 e. The van der Waals surface area contributed by atoms with Gasteiger partial charge in [-0.25, -0.2) is 0 Å². The SMILES string of the molecule is CC(C)OCCOCCOCCN(C)C. The second-order valence-electron chi connectivity index (χ2n) is 3.95. The van der Waals surface area contributed by atoms with E-state index in [1.54, 1.807) is 0 Å². The fourth-order valence-electron chi connectivity index (χ4n) is 0.912. The lowest BCUT2D eigenvalue weighted by Crippen LogP contribution is -2.19. The summed E-state index contributed by atoms with van der Waals surface area (Å²) in [5.74, 6) is 0. The second kappa shape index (κ2) is 10.4. The Kier molecular flexibility index (Phi) is 10.3. The van der Waals surface area contributed by atoms with E-state index in [1.807, 2.05) is 27.9 Å². The summed E-state index contributed by atoms with van der Waals surface area (Å²) in [4.78, 5) is 2.09. The van der Waals surface area contributed by atoms with Crippen LogP contribution in [0.15, 0.2) is 0 Å². The Balaban J connectivity index is 2.93. The molecule has 15 heavy (non-hydrogen) atoms. The molecule has 0 aliphatic rings. The van der Waals surface area contributed by atoms with Gasteiger partial charge in [-0.2, -0.15) is 0 Å². The van der Waals surface area contributed by atoms with E-state index < -0.39 is 0 Å². The molecule has 0 saturated carbocycles. The smallest absolute Gasteiger partial charge is 0.0703 e. The van der Waals surface area contributed by atoms with Crippen LogP contribution in [0, 0.1) is 0 Å². The van der Waals surface area contributed by atoms with Crippen LogP contribution < -0.4 is 0 Å². The van der Waals surface area contributed by atoms with Gasteiger partial charge in [0.05, 0.1) is 39.1 Å². The summed E-state index contributed by atoms with van der Waals surface area (Å²) in [6.45, 7) is 8.37. The Morgan fingerprint density at radius 3 is 1.93 bits per heavy atom. The summed E-state index contributed by atoms with van der Waals surface area (Å²) in [6, 6.07) is 0. The normalized spacial score (nSPS) is 11.6. The molecule has 0 unspecified atom stereocenters. The Labute approximate surface area is 93.5 Å². The largest absolute Gasteiger partial charge is 0.378 e. The Hall–Kier alpha value is -0.160. The van der Waals surface area contributed by atoms with Crippen LogP contribution in [0.2, 0.25) is 0 Å². The first-order chi connectivity index (χ1) is 7.13. The van der Waals surface area contributed by atoms with E-state index >= 15 is 0 Å². The zero-order valence-electron chi connectivity index (χ0n) is 10.5. The Bertz CT molecular complexity index is 115. The highest BCUT2D eigenvalue weighted by Gasteiger charge is 1.94. The summed E-state index contributed by atoms with van der Waals surface area (Å²) < 4.78 is 16.0. The van der Waals surface area contributed by atoms with E-state index in [2.05, 4.69) is 4.90 Å². The summed E-state index contributed by atoms with van der Waals surface area (Å²) in [5.41, 5.74) is 0. The lowest BCUT2D eigenvalue weighted by atomic mass is 10.5. The van der Waals surface area contributed by atoms with Gasteiger partial charge in [0.1, 0.15) is 0 Å². The van der Waals surface area contributed by atoms with E-state index in [4.69, 9.17) is 14.2 Å². The van der Waals surface area contributed by atoms with Crippen molar-refractivity contribution in [2.24, 2.45) is 0 Å². The standard InChI is InChI=1S/C11H25NO3/c1-11(2)15-10-9-14-8-7-13-6-5-12(3)4/h11H,5-10H2,1-4H3. The second-order valence-corrected chi connectivity index (χ2v) is 3.95. The summed E-state index contributed by atoms with van der Waals surface area (Å²) in [5, 5.41) is 0. The molecule has 92 valence electrons. The van der Waals surface area contributed by atoms with Crippen molar-refractivity contribution in [1.29, 1.82) is 0 Å². The first-order valence-corrected chi connectivity index (χ1v) is 5.54. The van der Waals surface area contributed by atoms with Crippen LogP contribution in [0.4, 0.5) is 0 Å². The average Bonchev–Trinajstić information content (AvgIpc) is 2.14. The summed E-state index contributed by atoms with van der Waals surface area (Å²) in [7, 11) is 4.06. The number of likely N-dealkylation sites (N-methyl/N-ethyl adjacent to an activating group) is 1. The van der Waals surface area contributed by atoms with Gasteiger partial charge in [-0.1, -0.05) is 0 Å². The van der Waals surface area contributed by atoms with Gasteiger partial charge < -0.3 is 19.1 Å². The van der Waals surface area contributed by atoms with Gasteiger partial charge in [0.2, 0.25) is 0 Å². The van der Waals surface area contributed by atoms with E-state index in [0.29, 0.717) is 26.4 Å². The van der Waals surface area contributed by atoms with Crippen LogP contribution >= 0.6 is 0 Å². The van der Waals surface area contributed by atoms with Crippen molar-refractivity contribution in [3.8, 4) is 0 Å². The van der Waals surface area contributed by atoms with Crippen molar-refractivity contribution in [2.75, 3.05) is 53.7 Å². The van der Waals surface area contributed by atoms with Crippen LogP contribution in [-0.2, 0) is 14.2 Å². The molecule has 4 heteroatoms. The maximum Gasteiger partial charge on any atom is 0.0703 e. The molecule has 4 nitrogen and oxygen atoms in total. The van der Waals surface area contributed by atoms with E-state index in [1.165, 1.54) is 0 Å². The van der Waals surface area contributed by atoms with Gasteiger partial charge in [0.15, 0.2) is 0 Å². The molecule has 0 heterocycles. The maximum atomic E-state index is 5.36. The minimum absolute atomic E-state index is 0.282. The zero-order chi connectivity index (χ0) is 11.5. The van der Waals surface area contributed by atoms with Crippen molar-refractivity contribution in [3.63, 3.8) is 0 Å². The molecule has 0 aliphatic heterocycles. The van der Waals surface area contributed by atoms with Gasteiger partial charge in [0.25, 0.3) is 0 Å². The Morgan fingerprint density at radius 2 is 1.40 bits per heavy atom. The van der Waals surface area contributed by atoms with Crippen molar-refractivity contribution < 1.29 is 14.2 Å². The van der Waals surface area contributed by atoms with Gasteiger partial charge in [-0.05, 0) is 27.9 Å². The van der Waals surface area contributed by atoms with Crippen LogP contribution in [-0.4, -0.2) is 64.7 Å². The molecule has 0 saturated heterocycles. The highest BCUT2D eigenvalue weighted by molar-refractivity contribution is 4.40. The van der Waals surface area contributed by atoms with E-state index in [0.717, 1.165) is 13.2 Å². The molecule has 0 N–H and O–H groups in total. The fraction of sp³-hybridized carbons (Fsp3) is 1.00. The molecule has 0 aliphatic carbocycles. The van der Waals surface area contributed by atoms with E-state index in [-0.39, 0.29) is 6.10 Å². The van der Waals surface area contributed by atoms with Gasteiger partial charge >= 0.3 is 0 Å². The molecule has 0 aromatic carbocycles. The summed E-state index contributed by atoms with van der Waals surface area (Å²) >= 11 is 0. The van der Waals surface area contributed by atoms with Gasteiger partial charge in [-0.3, -0.25) is 0 Å². The highest BCUT2D eigenvalue weighted by Crippen LogP contribution is 1.87. The monoisotopic (exact) mass is 219 g/mol. The Morgan fingerprint density at radius 1 is 0.867 bits per heavy atom. The number of nitrogens with zero attached hydrogens (tertiary/aromatic N) is 1. The van der Waals surface area contributed by atoms with Crippen LogP contribution in [0.3, 0.4) is 0 Å². The number of ether oxygens (including phenoxy) is 3. The lowest BCUT2D eigenvalue weighted by Gasteiger charge is -2.10. The minimum atomic E-state index is 0.282. The average molecular weight is 219 g/mol. The molecule has 0 atom stereocenters. The van der Waals surface area contributed by atoms with Gasteiger partial charge in [0, 0.05) is 6.54 Å². The number of hydrogen-bond donors (Lipinski definition) is 0. The number of hydrogen-bond acceptors (Lipinski definition) is 4. The third-order valence-corrected chi connectivity index (χ3v) is 1.73. The molecule has 0 amide bonds. The quantitative estimate of drug-likeness (QED) is 0.513. The number of rotatable bonds is 10. The summed E-state index contributed by atoms with van der Waals surface area (Å²) in [6.07, 6.45) is 0.282. The molecule has 0 bridgehead atoms. The third-order valence-electron chi connectivity index (χ3n) is 1.73. The van der Waals surface area contributed by atoms with Crippen molar-refractivity contribution in [3.05, 3.63) is 0 Å². The molecule has 0 spiro atoms. The van der Waals surface area contributed by atoms with Crippen molar-refractivity contribution >= 4 is 0 Å². The zero-order valence-corrected chi connectivity index (χ0v) is 10.5. The molecule has 0 aromatic rings.